The van der Waals surface area contributed by atoms with E-state index >= 15 is 0 Å². The quantitative estimate of drug-likeness (QED) is 0.684. The Bertz CT molecular complexity index is 901. The van der Waals surface area contributed by atoms with Crippen LogP contribution in [0.5, 0.6) is 5.75 Å². The fourth-order valence-electron chi connectivity index (χ4n) is 2.71. The van der Waals surface area contributed by atoms with Crippen molar-refractivity contribution in [3.63, 3.8) is 0 Å². The van der Waals surface area contributed by atoms with E-state index in [1.807, 2.05) is 56.3 Å². The first-order chi connectivity index (χ1) is 11.5. The van der Waals surface area contributed by atoms with Crippen LogP contribution in [0, 0.1) is 6.92 Å². The zero-order valence-electron chi connectivity index (χ0n) is 13.7. The molecule has 0 saturated heterocycles. The molecular weight excluding hydrogens is 370 g/mol. The third-order valence-corrected chi connectivity index (χ3v) is 4.79. The van der Waals surface area contributed by atoms with Gasteiger partial charge in [0.2, 0.25) is 0 Å². The molecule has 0 spiro atoms. The number of methoxy groups -OCH3 is 1. The molecule has 2 aromatic carbocycles. The maximum absolute atomic E-state index is 12.6. The second-order valence-electron chi connectivity index (χ2n) is 5.63. The van der Waals surface area contributed by atoms with E-state index in [0.717, 1.165) is 26.7 Å². The van der Waals surface area contributed by atoms with Crippen molar-refractivity contribution in [1.29, 1.82) is 0 Å². The van der Waals surface area contributed by atoms with Crippen LogP contribution in [-0.2, 0) is 0 Å². The van der Waals surface area contributed by atoms with Crippen LogP contribution in [0.1, 0.15) is 34.6 Å². The van der Waals surface area contributed by atoms with Gasteiger partial charge in [0, 0.05) is 15.4 Å². The Balaban J connectivity index is 1.89. The summed E-state index contributed by atoms with van der Waals surface area (Å²) < 4.78 is 11.9. The molecule has 1 heterocycles. The summed E-state index contributed by atoms with van der Waals surface area (Å²) in [6.07, 6.45) is 0. The summed E-state index contributed by atoms with van der Waals surface area (Å²) in [5.41, 5.74) is 2.49. The van der Waals surface area contributed by atoms with Crippen molar-refractivity contribution in [3.8, 4) is 5.75 Å². The number of nitrogens with one attached hydrogen (secondary N) is 1. The zero-order valence-corrected chi connectivity index (χ0v) is 15.3. The molecule has 24 heavy (non-hydrogen) atoms. The van der Waals surface area contributed by atoms with Gasteiger partial charge in [-0.05, 0) is 43.7 Å². The van der Waals surface area contributed by atoms with Gasteiger partial charge in [-0.2, -0.15) is 0 Å². The maximum Gasteiger partial charge on any atom is 0.287 e. The number of rotatable bonds is 4. The highest BCUT2D eigenvalue weighted by Crippen LogP contribution is 2.29. The molecule has 0 aliphatic carbocycles. The lowest BCUT2D eigenvalue weighted by Gasteiger charge is -2.15. The van der Waals surface area contributed by atoms with E-state index in [0.29, 0.717) is 11.3 Å². The fraction of sp³-hybridized carbons (Fsp3) is 0.211. The molecule has 4 nitrogen and oxygen atoms in total. The number of hydrogen-bond acceptors (Lipinski definition) is 3. The average Bonchev–Trinajstić information content (AvgIpc) is 2.91. The van der Waals surface area contributed by atoms with E-state index in [1.54, 1.807) is 7.11 Å². The van der Waals surface area contributed by atoms with Gasteiger partial charge in [-0.3, -0.25) is 4.79 Å². The van der Waals surface area contributed by atoms with Gasteiger partial charge in [0.1, 0.15) is 11.3 Å². The fourth-order valence-corrected chi connectivity index (χ4v) is 3.34. The predicted octanol–water partition coefficient (Wildman–Crippen LogP) is 5.00. The number of fused-ring (bicyclic) bond motifs is 1. The van der Waals surface area contributed by atoms with Gasteiger partial charge < -0.3 is 14.5 Å². The Kier molecular flexibility index (Phi) is 4.62. The number of aryl methyl sites for hydroxylation is 1. The molecule has 0 aliphatic rings. The molecule has 1 aromatic heterocycles. The van der Waals surface area contributed by atoms with Gasteiger partial charge in [0.05, 0.1) is 13.2 Å². The maximum atomic E-state index is 12.6. The van der Waals surface area contributed by atoms with Crippen LogP contribution < -0.4 is 10.1 Å². The summed E-state index contributed by atoms with van der Waals surface area (Å²) in [4.78, 5) is 12.6. The number of benzene rings is 2. The van der Waals surface area contributed by atoms with Crippen LogP contribution in [0.25, 0.3) is 11.0 Å². The van der Waals surface area contributed by atoms with E-state index in [4.69, 9.17) is 9.15 Å². The normalized spacial score (nSPS) is 12.2. The Labute approximate surface area is 148 Å². The summed E-state index contributed by atoms with van der Waals surface area (Å²) in [7, 11) is 1.61. The number of amides is 1. The molecule has 0 saturated carbocycles. The number of carbonyl (C=O) groups is 1. The molecule has 3 rings (SSSR count). The molecule has 0 radical (unpaired) electrons. The molecule has 124 valence electrons. The van der Waals surface area contributed by atoms with Gasteiger partial charge in [-0.1, -0.05) is 34.1 Å². The second kappa shape index (κ2) is 6.69. The molecule has 0 bridgehead atoms. The Morgan fingerprint density at radius 3 is 2.71 bits per heavy atom. The first-order valence-electron chi connectivity index (χ1n) is 7.63. The lowest BCUT2D eigenvalue weighted by Crippen LogP contribution is -2.27. The highest BCUT2D eigenvalue weighted by Gasteiger charge is 2.20. The minimum absolute atomic E-state index is 0.143. The summed E-state index contributed by atoms with van der Waals surface area (Å²) in [6.45, 7) is 3.82. The smallest absolute Gasteiger partial charge is 0.287 e. The molecule has 1 atom stereocenters. The summed E-state index contributed by atoms with van der Waals surface area (Å²) in [5, 5.41) is 3.87. The van der Waals surface area contributed by atoms with E-state index < -0.39 is 0 Å². The van der Waals surface area contributed by atoms with Gasteiger partial charge in [0.15, 0.2) is 5.76 Å². The Hall–Kier alpha value is -2.27. The largest absolute Gasteiger partial charge is 0.497 e. The van der Waals surface area contributed by atoms with Crippen LogP contribution in [-0.4, -0.2) is 13.0 Å². The minimum Gasteiger partial charge on any atom is -0.497 e. The van der Waals surface area contributed by atoms with Gasteiger partial charge in [0.25, 0.3) is 5.91 Å². The number of halogens is 1. The monoisotopic (exact) mass is 387 g/mol. The van der Waals surface area contributed by atoms with Crippen LogP contribution in [0.3, 0.4) is 0 Å². The van der Waals surface area contributed by atoms with Crippen LogP contribution in [0.4, 0.5) is 0 Å². The first kappa shape index (κ1) is 16.6. The zero-order chi connectivity index (χ0) is 17.3. The van der Waals surface area contributed by atoms with Crippen molar-refractivity contribution in [2.45, 2.75) is 19.9 Å². The summed E-state index contributed by atoms with van der Waals surface area (Å²) in [5.74, 6) is 0.836. The predicted molar refractivity (Wildman–Crippen MR) is 97.5 cm³/mol. The van der Waals surface area contributed by atoms with E-state index in [2.05, 4.69) is 21.2 Å². The molecule has 1 N–H and O–H groups in total. The molecule has 1 amide bonds. The van der Waals surface area contributed by atoms with Crippen LogP contribution in [0.2, 0.25) is 0 Å². The average molecular weight is 388 g/mol. The lowest BCUT2D eigenvalue weighted by atomic mass is 10.1. The number of carbonyl (C=O) groups excluding carboxylic acids is 1. The minimum atomic E-state index is -0.231. The molecule has 5 heteroatoms. The summed E-state index contributed by atoms with van der Waals surface area (Å²) >= 11 is 3.51. The standard InChI is InChI=1S/C19H18BrNO3/c1-11-15-10-13(23-3)8-9-17(15)24-18(11)19(22)21-12(2)14-6-4-5-7-16(14)20/h4-10,12H,1-3H3,(H,21,22)/t12-/m1/s1. The molecule has 0 unspecified atom stereocenters. The van der Waals surface area contributed by atoms with Crippen molar-refractivity contribution in [2.75, 3.05) is 7.11 Å². The van der Waals surface area contributed by atoms with Crippen molar-refractivity contribution >= 4 is 32.8 Å². The van der Waals surface area contributed by atoms with Crippen molar-refractivity contribution in [1.82, 2.24) is 5.32 Å². The van der Waals surface area contributed by atoms with Gasteiger partial charge >= 0.3 is 0 Å². The first-order valence-corrected chi connectivity index (χ1v) is 8.43. The summed E-state index contributed by atoms with van der Waals surface area (Å²) in [6, 6.07) is 13.2. The van der Waals surface area contributed by atoms with Crippen LogP contribution in [0.15, 0.2) is 51.4 Å². The van der Waals surface area contributed by atoms with E-state index in [9.17, 15) is 4.79 Å². The topological polar surface area (TPSA) is 51.5 Å². The highest BCUT2D eigenvalue weighted by atomic mass is 79.9. The third kappa shape index (κ3) is 3.04. The Morgan fingerprint density at radius 1 is 1.25 bits per heavy atom. The Morgan fingerprint density at radius 2 is 2.00 bits per heavy atom. The van der Waals surface area contributed by atoms with Gasteiger partial charge in [-0.25, -0.2) is 0 Å². The highest BCUT2D eigenvalue weighted by molar-refractivity contribution is 9.10. The van der Waals surface area contributed by atoms with Crippen molar-refractivity contribution in [3.05, 3.63) is 63.8 Å². The van der Waals surface area contributed by atoms with Crippen molar-refractivity contribution < 1.29 is 13.9 Å². The molecule has 0 fully saturated rings. The molecule has 3 aromatic rings. The van der Waals surface area contributed by atoms with Gasteiger partial charge in [-0.15, -0.1) is 0 Å². The SMILES string of the molecule is COc1ccc2oc(C(=O)N[C@H](C)c3ccccc3Br)c(C)c2c1. The van der Waals surface area contributed by atoms with Crippen molar-refractivity contribution in [2.24, 2.45) is 0 Å². The third-order valence-electron chi connectivity index (χ3n) is 4.07. The molecule has 0 aliphatic heterocycles. The second-order valence-corrected chi connectivity index (χ2v) is 6.49. The number of hydrogen-bond donors (Lipinski definition) is 1. The van der Waals surface area contributed by atoms with E-state index in [1.165, 1.54) is 0 Å². The molecular formula is C19H18BrNO3. The number of furan rings is 1. The van der Waals surface area contributed by atoms with Crippen LogP contribution >= 0.6 is 15.9 Å². The van der Waals surface area contributed by atoms with E-state index in [-0.39, 0.29) is 11.9 Å². The lowest BCUT2D eigenvalue weighted by molar-refractivity contribution is 0.0913. The number of ether oxygens (including phenoxy) is 1.